The molecule has 3 amide bonds. The van der Waals surface area contributed by atoms with Gasteiger partial charge in [-0.2, -0.15) is 0 Å². The molecule has 0 unspecified atom stereocenters. The normalized spacial score (nSPS) is 23.7. The van der Waals surface area contributed by atoms with Gasteiger partial charge in [0.2, 0.25) is 11.8 Å². The van der Waals surface area contributed by atoms with Crippen LogP contribution < -0.4 is 19.9 Å². The first-order chi connectivity index (χ1) is 23.5. The number of fused-ring (bicyclic) bond motifs is 2. The Morgan fingerprint density at radius 1 is 1.08 bits per heavy atom. The molecule has 0 aromatic heterocycles. The van der Waals surface area contributed by atoms with Crippen LogP contribution in [0.25, 0.3) is 0 Å². The Bertz CT molecular complexity index is 1680. The Kier molecular flexibility index (Phi) is 9.97. The Morgan fingerprint density at radius 3 is 2.47 bits per heavy atom. The van der Waals surface area contributed by atoms with E-state index in [1.165, 1.54) is 0 Å². The van der Waals surface area contributed by atoms with E-state index in [0.29, 0.717) is 36.6 Å². The quantitative estimate of drug-likeness (QED) is 0.262. The Labute approximate surface area is 288 Å². The lowest BCUT2D eigenvalue weighted by Crippen LogP contribution is -2.48. The Hall–Kier alpha value is -4.07. The van der Waals surface area contributed by atoms with Gasteiger partial charge < -0.3 is 39.4 Å². The van der Waals surface area contributed by atoms with Gasteiger partial charge in [-0.3, -0.25) is 14.4 Å². The Morgan fingerprint density at radius 2 is 1.82 bits per heavy atom. The van der Waals surface area contributed by atoms with Crippen molar-refractivity contribution >= 4 is 37.4 Å². The van der Waals surface area contributed by atoms with Crippen LogP contribution in [-0.4, -0.2) is 86.8 Å². The number of aliphatic hydroxyl groups excluding tert-OH is 1. The molecule has 3 aliphatic rings. The van der Waals surface area contributed by atoms with Crippen LogP contribution in [0.1, 0.15) is 30.0 Å². The predicted molar refractivity (Wildman–Crippen MR) is 189 cm³/mol. The molecule has 11 nitrogen and oxygen atoms in total. The maximum Gasteiger partial charge on any atom is 0.264 e. The van der Waals surface area contributed by atoms with Gasteiger partial charge in [-0.25, -0.2) is 0 Å². The molecule has 6 rings (SSSR count). The van der Waals surface area contributed by atoms with E-state index in [1.807, 2.05) is 92.8 Å². The van der Waals surface area contributed by atoms with Gasteiger partial charge >= 0.3 is 0 Å². The van der Waals surface area contributed by atoms with Crippen molar-refractivity contribution in [1.82, 2.24) is 10.2 Å². The van der Waals surface area contributed by atoms with E-state index in [1.54, 1.807) is 21.8 Å². The average molecular weight is 687 g/mol. The molecule has 4 atom stereocenters. The number of piperazine rings is 1. The minimum atomic E-state index is -3.02. The molecule has 12 heteroatoms. The number of carbonyl (C=O) groups is 3. The second-order valence-corrected chi connectivity index (χ2v) is 17.7. The summed E-state index contributed by atoms with van der Waals surface area (Å²) >= 11 is 0. The third-order valence-electron chi connectivity index (χ3n) is 10.2. The zero-order valence-corrected chi connectivity index (χ0v) is 29.6. The van der Waals surface area contributed by atoms with Crippen molar-refractivity contribution in [2.75, 3.05) is 49.7 Å². The van der Waals surface area contributed by atoms with Crippen molar-refractivity contribution in [2.24, 2.45) is 5.92 Å². The summed E-state index contributed by atoms with van der Waals surface area (Å²) in [6, 6.07) is 22.8. The second kappa shape index (κ2) is 14.0. The summed E-state index contributed by atoms with van der Waals surface area (Å²) < 4.78 is 12.5. The summed E-state index contributed by atoms with van der Waals surface area (Å²) in [6.07, 6.45) is -0.774. The molecule has 3 aromatic rings. The Balaban J connectivity index is 1.32. The summed E-state index contributed by atoms with van der Waals surface area (Å²) in [7, 11) is -1.45. The first-order valence-electron chi connectivity index (χ1n) is 16.9. The molecular formula is C37H46N4O7Si. The summed E-state index contributed by atoms with van der Waals surface area (Å²) in [5.74, 6) is -0.335. The van der Waals surface area contributed by atoms with Crippen molar-refractivity contribution in [3.63, 3.8) is 0 Å². The zero-order valence-electron chi connectivity index (χ0n) is 28.6. The van der Waals surface area contributed by atoms with Crippen LogP contribution in [0.15, 0.2) is 72.8 Å². The molecule has 0 radical (unpaired) electrons. The van der Waals surface area contributed by atoms with E-state index >= 15 is 0 Å². The zero-order chi connectivity index (χ0) is 34.9. The smallest absolute Gasteiger partial charge is 0.264 e. The highest BCUT2D eigenvalue weighted by Gasteiger charge is 2.66. The minimum Gasteiger partial charge on any atom is -0.497 e. The molecule has 3 aromatic carbocycles. The van der Waals surface area contributed by atoms with Crippen molar-refractivity contribution in [3.8, 4) is 5.75 Å². The fourth-order valence-corrected chi connectivity index (χ4v) is 10.5. The fraction of sp³-hybridized carbons (Fsp3) is 0.432. The highest BCUT2D eigenvalue weighted by Crippen LogP contribution is 2.60. The number of methoxy groups -OCH3 is 1. The molecule has 2 fully saturated rings. The number of rotatable bonds is 11. The third-order valence-corrected chi connectivity index (χ3v) is 12.7. The molecular weight excluding hydrogens is 641 g/mol. The summed E-state index contributed by atoms with van der Waals surface area (Å²) in [4.78, 5) is 58.0. The maximum absolute atomic E-state index is 14.8. The standard InChI is InChI=1S/C37H46N4O7Si/c1-25-35(49(3,4)46)32(21-33(43)39(18-19-42)23-26-8-6-5-7-9-26)48-37(25)30-20-29(47-2)14-15-31(30)41(36(37)45)24-27-10-12-28(13-11-27)40-17-16-38-22-34(40)44/h5-15,20,25,32,35,38,42,46H,16-19,21-24H2,1-4H3/t25-,32+,35-,37+/m0/s1. The predicted octanol–water partition coefficient (Wildman–Crippen LogP) is 3.39. The molecule has 1 spiro atoms. The molecule has 260 valence electrons. The number of hydrogen-bond donors (Lipinski definition) is 3. The largest absolute Gasteiger partial charge is 0.497 e. The van der Waals surface area contributed by atoms with E-state index in [0.717, 1.165) is 23.4 Å². The number of ether oxygens (including phenoxy) is 2. The van der Waals surface area contributed by atoms with Crippen molar-refractivity contribution in [3.05, 3.63) is 89.5 Å². The van der Waals surface area contributed by atoms with Crippen LogP contribution in [0.3, 0.4) is 0 Å². The molecule has 0 aliphatic carbocycles. The lowest BCUT2D eigenvalue weighted by molar-refractivity contribution is -0.150. The van der Waals surface area contributed by atoms with Gasteiger partial charge in [0.05, 0.1) is 45.0 Å². The number of amides is 3. The first-order valence-corrected chi connectivity index (χ1v) is 19.9. The van der Waals surface area contributed by atoms with Gasteiger partial charge in [0.1, 0.15) is 5.75 Å². The lowest BCUT2D eigenvalue weighted by atomic mass is 9.82. The second-order valence-electron chi connectivity index (χ2n) is 13.8. The number of carbonyl (C=O) groups excluding carboxylic acids is 3. The highest BCUT2D eigenvalue weighted by molar-refractivity contribution is 6.71. The summed E-state index contributed by atoms with van der Waals surface area (Å²) in [5, 5.41) is 12.9. The summed E-state index contributed by atoms with van der Waals surface area (Å²) in [6.45, 7) is 7.78. The van der Waals surface area contributed by atoms with Crippen LogP contribution in [0.2, 0.25) is 18.6 Å². The van der Waals surface area contributed by atoms with E-state index in [4.69, 9.17) is 9.47 Å². The van der Waals surface area contributed by atoms with E-state index < -0.39 is 31.5 Å². The van der Waals surface area contributed by atoms with Gasteiger partial charge in [-0.15, -0.1) is 0 Å². The molecule has 3 aliphatic heterocycles. The molecule has 0 saturated carbocycles. The number of hydrogen-bond acceptors (Lipinski definition) is 8. The maximum atomic E-state index is 14.8. The SMILES string of the molecule is COc1ccc2c(c1)[C@@]1(O[C@H](CC(=O)N(CCO)Cc3ccccc3)[C@@H]([Si](C)(C)O)[C@@H]1C)C(=O)N2Cc1ccc(N2CCNCC2=O)cc1. The molecule has 3 heterocycles. The monoisotopic (exact) mass is 686 g/mol. The lowest BCUT2D eigenvalue weighted by Gasteiger charge is -2.32. The molecule has 3 N–H and O–H groups in total. The van der Waals surface area contributed by atoms with Crippen LogP contribution in [0.5, 0.6) is 5.75 Å². The van der Waals surface area contributed by atoms with E-state index in [2.05, 4.69) is 5.32 Å². The number of nitrogens with zero attached hydrogens (tertiary/aromatic N) is 3. The van der Waals surface area contributed by atoms with E-state index in [-0.39, 0.29) is 43.8 Å². The third kappa shape index (κ3) is 6.63. The topological polar surface area (TPSA) is 132 Å². The molecule has 0 bridgehead atoms. The number of aliphatic hydroxyl groups is 1. The van der Waals surface area contributed by atoms with Crippen LogP contribution in [0, 0.1) is 5.92 Å². The molecule has 49 heavy (non-hydrogen) atoms. The van der Waals surface area contributed by atoms with Crippen LogP contribution >= 0.6 is 0 Å². The van der Waals surface area contributed by atoms with Crippen molar-refractivity contribution in [2.45, 2.75) is 56.8 Å². The van der Waals surface area contributed by atoms with Crippen molar-refractivity contribution in [1.29, 1.82) is 0 Å². The van der Waals surface area contributed by atoms with Crippen LogP contribution in [0.4, 0.5) is 11.4 Å². The van der Waals surface area contributed by atoms with Gasteiger partial charge in [-0.05, 0) is 54.6 Å². The van der Waals surface area contributed by atoms with Gasteiger partial charge in [-0.1, -0.05) is 49.4 Å². The molecule has 2 saturated heterocycles. The van der Waals surface area contributed by atoms with Crippen LogP contribution in [-0.2, 0) is 37.8 Å². The minimum absolute atomic E-state index is 0.0170. The van der Waals surface area contributed by atoms with Gasteiger partial charge in [0, 0.05) is 48.9 Å². The fourth-order valence-electron chi connectivity index (χ4n) is 7.90. The number of nitrogens with one attached hydrogen (secondary N) is 1. The average Bonchev–Trinajstić information content (AvgIpc) is 3.51. The van der Waals surface area contributed by atoms with E-state index in [9.17, 15) is 24.3 Å². The number of benzene rings is 3. The first kappa shape index (κ1) is 34.8. The highest BCUT2D eigenvalue weighted by atomic mass is 28.4. The van der Waals surface area contributed by atoms with Gasteiger partial charge in [0.25, 0.3) is 5.91 Å². The number of anilines is 2. The summed E-state index contributed by atoms with van der Waals surface area (Å²) in [5.41, 5.74) is 2.08. The van der Waals surface area contributed by atoms with Crippen molar-refractivity contribution < 1.29 is 33.8 Å². The van der Waals surface area contributed by atoms with Gasteiger partial charge in [0.15, 0.2) is 13.9 Å².